The molecule has 0 saturated carbocycles. The van der Waals surface area contributed by atoms with Gasteiger partial charge in [0.15, 0.2) is 5.96 Å². The van der Waals surface area contributed by atoms with Gasteiger partial charge >= 0.3 is 0 Å². The Bertz CT molecular complexity index is 521. The van der Waals surface area contributed by atoms with Gasteiger partial charge in [0.2, 0.25) is 0 Å². The zero-order chi connectivity index (χ0) is 16.5. The summed E-state index contributed by atoms with van der Waals surface area (Å²) in [5, 5.41) is 3.11. The average molecular weight is 450 g/mol. The number of morpholine rings is 1. The van der Waals surface area contributed by atoms with Crippen molar-refractivity contribution in [1.82, 2.24) is 10.2 Å². The second-order valence-electron chi connectivity index (χ2n) is 5.82. The van der Waals surface area contributed by atoms with Crippen LogP contribution in [0.3, 0.4) is 0 Å². The summed E-state index contributed by atoms with van der Waals surface area (Å²) in [6.07, 6.45) is 1.80. The molecule has 0 bridgehead atoms. The molecule has 1 heterocycles. The van der Waals surface area contributed by atoms with Crippen molar-refractivity contribution < 1.29 is 9.13 Å². The Hall–Kier alpha value is -0.930. The van der Waals surface area contributed by atoms with Crippen LogP contribution in [-0.4, -0.2) is 56.8 Å². The van der Waals surface area contributed by atoms with E-state index in [1.54, 1.807) is 6.07 Å². The van der Waals surface area contributed by atoms with Gasteiger partial charge in [-0.3, -0.25) is 9.89 Å². The molecule has 0 unspecified atom stereocenters. The van der Waals surface area contributed by atoms with Gasteiger partial charge in [0.25, 0.3) is 0 Å². The molecular weight excluding hydrogens is 422 g/mol. The van der Waals surface area contributed by atoms with Crippen LogP contribution in [0.1, 0.15) is 17.5 Å². The van der Waals surface area contributed by atoms with Crippen LogP contribution in [0.4, 0.5) is 4.39 Å². The summed E-state index contributed by atoms with van der Waals surface area (Å²) in [6.45, 7) is 8.06. The number of hydrogen-bond acceptors (Lipinski definition) is 3. The highest BCUT2D eigenvalue weighted by Gasteiger charge is 2.08. The first kappa shape index (κ1) is 21.1. The predicted octanol–water partition coefficient (Wildman–Crippen LogP) is 1.92. The van der Waals surface area contributed by atoms with Crippen molar-refractivity contribution in [2.45, 2.75) is 19.8 Å². The molecule has 1 saturated heterocycles. The number of guanidine groups is 1. The predicted molar refractivity (Wildman–Crippen MR) is 107 cm³/mol. The molecule has 1 aliphatic rings. The lowest BCUT2D eigenvalue weighted by Crippen LogP contribution is -2.37. The summed E-state index contributed by atoms with van der Waals surface area (Å²) in [6, 6.07) is 4.87. The molecule has 5 nitrogen and oxygen atoms in total. The van der Waals surface area contributed by atoms with Crippen LogP contribution in [0.2, 0.25) is 0 Å². The molecule has 1 aliphatic heterocycles. The highest BCUT2D eigenvalue weighted by atomic mass is 127. The first-order valence-corrected chi connectivity index (χ1v) is 8.24. The first-order valence-electron chi connectivity index (χ1n) is 8.24. The molecule has 136 valence electrons. The fourth-order valence-corrected chi connectivity index (χ4v) is 2.64. The zero-order valence-electron chi connectivity index (χ0n) is 14.3. The van der Waals surface area contributed by atoms with Crippen molar-refractivity contribution in [3.05, 3.63) is 35.1 Å². The van der Waals surface area contributed by atoms with Crippen LogP contribution in [-0.2, 0) is 11.2 Å². The molecule has 24 heavy (non-hydrogen) atoms. The Morgan fingerprint density at radius 2 is 2.12 bits per heavy atom. The van der Waals surface area contributed by atoms with Gasteiger partial charge in [0.1, 0.15) is 5.82 Å². The van der Waals surface area contributed by atoms with Crippen LogP contribution in [0.5, 0.6) is 0 Å². The van der Waals surface area contributed by atoms with E-state index in [1.807, 2.05) is 13.0 Å². The van der Waals surface area contributed by atoms with Gasteiger partial charge in [-0.1, -0.05) is 6.07 Å². The van der Waals surface area contributed by atoms with Crippen molar-refractivity contribution in [1.29, 1.82) is 0 Å². The standard InChI is InChI=1S/C17H27FN4O.HI/c1-14-13-16(18)4-3-15(14)5-7-21-17(19)20-6-2-8-22-9-11-23-12-10-22;/h3-4,13H,2,5-12H2,1H3,(H3,19,20,21);1H. The monoisotopic (exact) mass is 450 g/mol. The highest BCUT2D eigenvalue weighted by molar-refractivity contribution is 14.0. The van der Waals surface area contributed by atoms with Crippen molar-refractivity contribution in [3.63, 3.8) is 0 Å². The molecule has 0 spiro atoms. The number of nitrogens with one attached hydrogen (secondary N) is 1. The molecule has 0 aliphatic carbocycles. The number of rotatable bonds is 7. The van der Waals surface area contributed by atoms with Crippen LogP contribution >= 0.6 is 24.0 Å². The maximum Gasteiger partial charge on any atom is 0.188 e. The van der Waals surface area contributed by atoms with Crippen molar-refractivity contribution in [3.8, 4) is 0 Å². The third-order valence-corrected chi connectivity index (χ3v) is 4.02. The van der Waals surface area contributed by atoms with E-state index < -0.39 is 0 Å². The van der Waals surface area contributed by atoms with Gasteiger partial charge in [-0.2, -0.15) is 0 Å². The lowest BCUT2D eigenvalue weighted by atomic mass is 10.1. The fraction of sp³-hybridized carbons (Fsp3) is 0.588. The maximum absolute atomic E-state index is 13.0. The Morgan fingerprint density at radius 1 is 1.38 bits per heavy atom. The molecule has 0 atom stereocenters. The number of aryl methyl sites for hydroxylation is 1. The molecule has 1 aromatic rings. The van der Waals surface area contributed by atoms with Gasteiger partial charge in [-0.25, -0.2) is 4.39 Å². The second kappa shape index (κ2) is 11.6. The number of nitrogens with two attached hydrogens (primary N) is 1. The Balaban J connectivity index is 0.00000288. The van der Waals surface area contributed by atoms with Crippen LogP contribution in [0, 0.1) is 12.7 Å². The quantitative estimate of drug-likeness (QED) is 0.289. The van der Waals surface area contributed by atoms with Crippen LogP contribution < -0.4 is 11.1 Å². The molecule has 1 aromatic carbocycles. The molecule has 0 aromatic heterocycles. The number of ether oxygens (including phenoxy) is 1. The maximum atomic E-state index is 13.0. The van der Waals surface area contributed by atoms with E-state index in [9.17, 15) is 4.39 Å². The molecule has 0 radical (unpaired) electrons. The normalized spacial score (nSPS) is 15.8. The van der Waals surface area contributed by atoms with Crippen molar-refractivity contribution in [2.75, 3.05) is 45.9 Å². The number of nitrogens with zero attached hydrogens (tertiary/aromatic N) is 2. The molecule has 3 N–H and O–H groups in total. The highest BCUT2D eigenvalue weighted by Crippen LogP contribution is 2.10. The van der Waals surface area contributed by atoms with E-state index in [0.717, 1.165) is 63.4 Å². The fourth-order valence-electron chi connectivity index (χ4n) is 2.64. The minimum absolute atomic E-state index is 0. The molecule has 2 rings (SSSR count). The van der Waals surface area contributed by atoms with Crippen molar-refractivity contribution in [2.24, 2.45) is 10.7 Å². The zero-order valence-corrected chi connectivity index (χ0v) is 16.6. The Kier molecular flexibility index (Phi) is 10.2. The smallest absolute Gasteiger partial charge is 0.188 e. The summed E-state index contributed by atoms with van der Waals surface area (Å²) < 4.78 is 18.4. The summed E-state index contributed by atoms with van der Waals surface area (Å²) >= 11 is 0. The largest absolute Gasteiger partial charge is 0.379 e. The van der Waals surface area contributed by atoms with Gasteiger partial charge in [0.05, 0.1) is 13.2 Å². The molecular formula is C17H28FIN4O. The van der Waals surface area contributed by atoms with E-state index >= 15 is 0 Å². The first-order chi connectivity index (χ1) is 11.1. The molecule has 0 amide bonds. The summed E-state index contributed by atoms with van der Waals surface area (Å²) in [5.74, 6) is 0.285. The number of benzene rings is 1. The number of aliphatic imine (C=N–C) groups is 1. The average Bonchev–Trinajstić information content (AvgIpc) is 2.55. The van der Waals surface area contributed by atoms with E-state index in [4.69, 9.17) is 10.5 Å². The van der Waals surface area contributed by atoms with Crippen LogP contribution in [0.25, 0.3) is 0 Å². The third kappa shape index (κ3) is 7.76. The lowest BCUT2D eigenvalue weighted by Gasteiger charge is -2.26. The van der Waals surface area contributed by atoms with Gasteiger partial charge in [-0.05, 0) is 43.0 Å². The van der Waals surface area contributed by atoms with Gasteiger partial charge < -0.3 is 15.8 Å². The summed E-state index contributed by atoms with van der Waals surface area (Å²) in [4.78, 5) is 6.73. The topological polar surface area (TPSA) is 62.9 Å². The van der Waals surface area contributed by atoms with E-state index in [0.29, 0.717) is 12.5 Å². The van der Waals surface area contributed by atoms with Gasteiger partial charge in [0, 0.05) is 32.7 Å². The van der Waals surface area contributed by atoms with Gasteiger partial charge in [-0.15, -0.1) is 24.0 Å². The second-order valence-corrected chi connectivity index (χ2v) is 5.82. The minimum atomic E-state index is -0.194. The lowest BCUT2D eigenvalue weighted by molar-refractivity contribution is 0.0377. The Labute approximate surface area is 160 Å². The third-order valence-electron chi connectivity index (χ3n) is 4.02. The summed E-state index contributed by atoms with van der Waals surface area (Å²) in [5.41, 5.74) is 7.95. The minimum Gasteiger partial charge on any atom is -0.379 e. The van der Waals surface area contributed by atoms with E-state index in [-0.39, 0.29) is 29.8 Å². The summed E-state index contributed by atoms with van der Waals surface area (Å²) in [7, 11) is 0. The van der Waals surface area contributed by atoms with E-state index in [1.165, 1.54) is 6.07 Å². The number of halogens is 2. The molecule has 1 fully saturated rings. The van der Waals surface area contributed by atoms with Crippen molar-refractivity contribution >= 4 is 29.9 Å². The Morgan fingerprint density at radius 3 is 2.83 bits per heavy atom. The number of hydrogen-bond donors (Lipinski definition) is 2. The SMILES string of the molecule is Cc1cc(F)ccc1CCNC(N)=NCCCN1CCOCC1.I. The molecule has 7 heteroatoms. The van der Waals surface area contributed by atoms with E-state index in [2.05, 4.69) is 15.2 Å². The van der Waals surface area contributed by atoms with Crippen LogP contribution in [0.15, 0.2) is 23.2 Å².